The SMILES string of the molecule is C=CCn1c(=O)c2cnc(Nc3ccc(N4CCN(C)CC4)cc3)nc2n1C1CC=C2CCC(C(F)(F)F)C2=N1. The van der Waals surface area contributed by atoms with Crippen LogP contribution in [0.2, 0.25) is 0 Å². The Morgan fingerprint density at radius 1 is 1.15 bits per heavy atom. The molecule has 2 atom stereocenters. The standard InChI is InChI=1S/C28H31F3N8O/c1-3-12-38-26(40)21-17-32-27(33-19-6-8-20(9-7-19)37-15-13-36(2)14-16-37)35-25(21)39(38)23-11-5-18-4-10-22(24(18)34-23)28(29,30)31/h3,5-9,17,22-23H,1,4,10-16H2,2H3,(H,32,33,35). The molecule has 2 aliphatic heterocycles. The van der Waals surface area contributed by atoms with E-state index in [1.807, 2.05) is 30.3 Å². The summed E-state index contributed by atoms with van der Waals surface area (Å²) < 4.78 is 44.1. The highest BCUT2D eigenvalue weighted by molar-refractivity contribution is 6.04. The van der Waals surface area contributed by atoms with Gasteiger partial charge in [0.15, 0.2) is 5.65 Å². The van der Waals surface area contributed by atoms with Crippen LogP contribution in [0, 0.1) is 5.92 Å². The summed E-state index contributed by atoms with van der Waals surface area (Å²) in [6.45, 7) is 7.87. The van der Waals surface area contributed by atoms with Gasteiger partial charge in [-0.3, -0.25) is 9.79 Å². The third-order valence-electron chi connectivity index (χ3n) is 7.91. The Morgan fingerprint density at radius 2 is 1.90 bits per heavy atom. The number of piperazine rings is 1. The molecule has 40 heavy (non-hydrogen) atoms. The highest BCUT2D eigenvalue weighted by atomic mass is 19.4. The fourth-order valence-corrected chi connectivity index (χ4v) is 5.76. The third-order valence-corrected chi connectivity index (χ3v) is 7.91. The number of likely N-dealkylation sites (N-methyl/N-ethyl adjacent to an activating group) is 1. The maximum atomic E-state index is 13.7. The number of nitrogens with zero attached hydrogens (tertiary/aromatic N) is 7. The van der Waals surface area contributed by atoms with Gasteiger partial charge >= 0.3 is 6.18 Å². The predicted octanol–water partition coefficient (Wildman–Crippen LogP) is 4.52. The lowest BCUT2D eigenvalue weighted by Crippen LogP contribution is -2.44. The summed E-state index contributed by atoms with van der Waals surface area (Å²) in [4.78, 5) is 31.4. The maximum Gasteiger partial charge on any atom is 0.397 e. The molecule has 1 saturated heterocycles. The number of alkyl halides is 3. The Morgan fingerprint density at radius 3 is 2.60 bits per heavy atom. The number of aromatic nitrogens is 4. The van der Waals surface area contributed by atoms with E-state index in [-0.39, 0.29) is 35.6 Å². The van der Waals surface area contributed by atoms with Crippen molar-refractivity contribution in [1.29, 1.82) is 0 Å². The van der Waals surface area contributed by atoms with Crippen LogP contribution in [0.25, 0.3) is 11.0 Å². The van der Waals surface area contributed by atoms with E-state index in [1.54, 1.807) is 10.8 Å². The van der Waals surface area contributed by atoms with Crippen molar-refractivity contribution in [3.63, 3.8) is 0 Å². The number of nitrogens with one attached hydrogen (secondary N) is 1. The molecule has 12 heteroatoms. The molecule has 1 aromatic carbocycles. The molecule has 1 saturated carbocycles. The van der Waals surface area contributed by atoms with Crippen molar-refractivity contribution in [2.24, 2.45) is 10.9 Å². The number of dihydropyridines is 1. The Kier molecular flexibility index (Phi) is 6.73. The molecule has 6 rings (SSSR count). The molecule has 0 amide bonds. The highest BCUT2D eigenvalue weighted by Crippen LogP contribution is 2.43. The van der Waals surface area contributed by atoms with E-state index in [2.05, 4.69) is 43.7 Å². The van der Waals surface area contributed by atoms with Crippen LogP contribution in [-0.4, -0.2) is 69.3 Å². The summed E-state index contributed by atoms with van der Waals surface area (Å²) >= 11 is 0. The normalized spacial score (nSPS) is 21.8. The first-order valence-corrected chi connectivity index (χ1v) is 13.5. The van der Waals surface area contributed by atoms with Gasteiger partial charge in [-0.1, -0.05) is 12.2 Å². The number of fused-ring (bicyclic) bond motifs is 2. The molecule has 0 spiro atoms. The second-order valence-corrected chi connectivity index (χ2v) is 10.5. The monoisotopic (exact) mass is 552 g/mol. The first kappa shape index (κ1) is 26.3. The van der Waals surface area contributed by atoms with Gasteiger partial charge in [0.2, 0.25) is 5.95 Å². The molecule has 1 aliphatic carbocycles. The van der Waals surface area contributed by atoms with Crippen LogP contribution < -0.4 is 15.8 Å². The number of anilines is 3. The van der Waals surface area contributed by atoms with Crippen molar-refractivity contribution < 1.29 is 13.2 Å². The fraction of sp³-hybridized carbons (Fsp3) is 0.429. The summed E-state index contributed by atoms with van der Waals surface area (Å²) in [6, 6.07) is 7.99. The smallest absolute Gasteiger partial charge is 0.369 e. The molecular formula is C28H31F3N8O. The lowest BCUT2D eigenvalue weighted by molar-refractivity contribution is -0.154. The minimum absolute atomic E-state index is 0.00336. The van der Waals surface area contributed by atoms with Crippen molar-refractivity contribution in [3.05, 3.63) is 65.1 Å². The summed E-state index contributed by atoms with van der Waals surface area (Å²) in [5, 5.41) is 3.47. The Balaban J connectivity index is 1.32. The molecule has 2 aromatic heterocycles. The lowest BCUT2D eigenvalue weighted by Gasteiger charge is -2.34. The van der Waals surface area contributed by atoms with Gasteiger partial charge in [-0.2, -0.15) is 18.2 Å². The number of allylic oxidation sites excluding steroid dienone is 2. The zero-order valence-corrected chi connectivity index (χ0v) is 22.2. The molecule has 210 valence electrons. The zero-order chi connectivity index (χ0) is 28.0. The van der Waals surface area contributed by atoms with Crippen LogP contribution in [0.4, 0.5) is 30.5 Å². The van der Waals surface area contributed by atoms with Crippen molar-refractivity contribution in [3.8, 4) is 0 Å². The van der Waals surface area contributed by atoms with Gasteiger partial charge < -0.3 is 15.1 Å². The molecule has 1 N–H and O–H groups in total. The van der Waals surface area contributed by atoms with Gasteiger partial charge in [0.1, 0.15) is 11.6 Å². The van der Waals surface area contributed by atoms with E-state index in [0.29, 0.717) is 24.1 Å². The molecule has 0 bridgehead atoms. The van der Waals surface area contributed by atoms with E-state index >= 15 is 0 Å². The van der Waals surface area contributed by atoms with Crippen LogP contribution in [0.15, 0.2) is 64.6 Å². The molecule has 3 aromatic rings. The maximum absolute atomic E-state index is 13.7. The average molecular weight is 553 g/mol. The van der Waals surface area contributed by atoms with E-state index in [0.717, 1.165) is 37.6 Å². The number of hydrogen-bond acceptors (Lipinski definition) is 7. The van der Waals surface area contributed by atoms with E-state index in [1.165, 1.54) is 10.9 Å². The lowest BCUT2D eigenvalue weighted by atomic mass is 10.0. The second-order valence-electron chi connectivity index (χ2n) is 10.5. The van der Waals surface area contributed by atoms with Gasteiger partial charge in [0.05, 0.1) is 18.2 Å². The minimum atomic E-state index is -4.37. The summed E-state index contributed by atoms with van der Waals surface area (Å²) in [6.07, 6.45) is 0.443. The third kappa shape index (κ3) is 4.80. The number of aliphatic imine (C=N–C) groups is 1. The minimum Gasteiger partial charge on any atom is -0.369 e. The van der Waals surface area contributed by atoms with Gasteiger partial charge in [-0.25, -0.2) is 14.3 Å². The quantitative estimate of drug-likeness (QED) is 0.453. The van der Waals surface area contributed by atoms with Gasteiger partial charge in [-0.15, -0.1) is 6.58 Å². The van der Waals surface area contributed by atoms with Crippen molar-refractivity contribution >= 4 is 34.1 Å². The van der Waals surface area contributed by atoms with Crippen LogP contribution >= 0.6 is 0 Å². The van der Waals surface area contributed by atoms with Crippen molar-refractivity contribution in [2.45, 2.75) is 38.1 Å². The second kappa shape index (κ2) is 10.2. The largest absolute Gasteiger partial charge is 0.397 e. The van der Waals surface area contributed by atoms with Gasteiger partial charge in [0, 0.05) is 50.2 Å². The number of hydrogen-bond donors (Lipinski definition) is 1. The van der Waals surface area contributed by atoms with Crippen molar-refractivity contribution in [1.82, 2.24) is 24.2 Å². The molecule has 9 nitrogen and oxygen atoms in total. The van der Waals surface area contributed by atoms with E-state index in [9.17, 15) is 18.0 Å². The Hall–Kier alpha value is -3.93. The summed E-state index contributed by atoms with van der Waals surface area (Å²) in [5.41, 5.74) is 2.60. The number of benzene rings is 1. The Labute approximate surface area is 229 Å². The van der Waals surface area contributed by atoms with Crippen LogP contribution in [-0.2, 0) is 6.54 Å². The van der Waals surface area contributed by atoms with E-state index < -0.39 is 18.3 Å². The van der Waals surface area contributed by atoms with Gasteiger partial charge in [0.25, 0.3) is 5.56 Å². The number of halogens is 3. The first-order valence-electron chi connectivity index (χ1n) is 13.5. The van der Waals surface area contributed by atoms with E-state index in [4.69, 9.17) is 0 Å². The molecule has 2 unspecified atom stereocenters. The highest BCUT2D eigenvalue weighted by Gasteiger charge is 2.48. The molecule has 3 aliphatic rings. The fourth-order valence-electron chi connectivity index (χ4n) is 5.76. The summed E-state index contributed by atoms with van der Waals surface area (Å²) in [7, 11) is 2.12. The topological polar surface area (TPSA) is 83.6 Å². The molecule has 2 fully saturated rings. The number of rotatable bonds is 6. The summed E-state index contributed by atoms with van der Waals surface area (Å²) in [5.74, 6) is -1.32. The molecule has 0 radical (unpaired) electrons. The van der Waals surface area contributed by atoms with Crippen molar-refractivity contribution in [2.75, 3.05) is 43.4 Å². The molecular weight excluding hydrogens is 521 g/mol. The van der Waals surface area contributed by atoms with Gasteiger partial charge in [-0.05, 0) is 49.7 Å². The molecule has 4 heterocycles. The first-order chi connectivity index (χ1) is 19.2. The average Bonchev–Trinajstić information content (AvgIpc) is 3.48. The zero-order valence-electron chi connectivity index (χ0n) is 22.2. The van der Waals surface area contributed by atoms with Crippen LogP contribution in [0.5, 0.6) is 0 Å². The Bertz CT molecular complexity index is 1540. The van der Waals surface area contributed by atoms with Crippen LogP contribution in [0.3, 0.4) is 0 Å². The van der Waals surface area contributed by atoms with Crippen LogP contribution in [0.1, 0.15) is 25.4 Å². The predicted molar refractivity (Wildman–Crippen MR) is 149 cm³/mol.